The topological polar surface area (TPSA) is 96.3 Å². The van der Waals surface area contributed by atoms with Gasteiger partial charge in [0.1, 0.15) is 17.1 Å². The molecule has 182 valence electrons. The Morgan fingerprint density at radius 2 is 2.00 bits per heavy atom. The number of carbonyl (C=O) groups excluding carboxylic acids is 3. The van der Waals surface area contributed by atoms with E-state index in [-0.39, 0.29) is 46.5 Å². The van der Waals surface area contributed by atoms with Crippen LogP contribution in [-0.2, 0) is 11.3 Å². The number of anilines is 1. The molecular weight excluding hydrogens is 461 g/mol. The molecule has 1 aliphatic carbocycles. The lowest BCUT2D eigenvalue weighted by Crippen LogP contribution is -2.65. The van der Waals surface area contributed by atoms with Crippen molar-refractivity contribution < 1.29 is 18.8 Å². The summed E-state index contributed by atoms with van der Waals surface area (Å²) < 4.78 is 14.7. The SMILES string of the molecule is CCCCN1C(=O)c2cc(C(=O)Nc3ccc(F)cc3Cl)nn2CC1(C)C(=O)NC1CCCC1. The highest BCUT2D eigenvalue weighted by Crippen LogP contribution is 2.30. The number of rotatable bonds is 7. The van der Waals surface area contributed by atoms with Crippen molar-refractivity contribution in [1.82, 2.24) is 20.0 Å². The average Bonchev–Trinajstić information content (AvgIpc) is 3.45. The molecule has 0 spiro atoms. The zero-order chi connectivity index (χ0) is 24.5. The summed E-state index contributed by atoms with van der Waals surface area (Å²) in [6.07, 6.45) is 5.67. The molecule has 2 heterocycles. The third-order valence-corrected chi connectivity index (χ3v) is 6.94. The summed E-state index contributed by atoms with van der Waals surface area (Å²) >= 11 is 6.01. The Morgan fingerprint density at radius 3 is 2.68 bits per heavy atom. The maximum Gasteiger partial charge on any atom is 0.276 e. The summed E-state index contributed by atoms with van der Waals surface area (Å²) in [4.78, 5) is 41.3. The van der Waals surface area contributed by atoms with Crippen molar-refractivity contribution in [3.05, 3.63) is 46.5 Å². The van der Waals surface area contributed by atoms with Crippen LogP contribution in [0.3, 0.4) is 0 Å². The van der Waals surface area contributed by atoms with E-state index in [4.69, 9.17) is 11.6 Å². The fourth-order valence-corrected chi connectivity index (χ4v) is 4.82. The number of hydrogen-bond donors (Lipinski definition) is 2. The fourth-order valence-electron chi connectivity index (χ4n) is 4.61. The molecule has 3 amide bonds. The molecule has 1 aromatic heterocycles. The molecule has 1 unspecified atom stereocenters. The van der Waals surface area contributed by atoms with Gasteiger partial charge in [0, 0.05) is 18.7 Å². The largest absolute Gasteiger partial charge is 0.351 e. The maximum atomic E-state index is 13.5. The molecule has 1 atom stereocenters. The number of amides is 3. The standard InChI is InChI=1S/C24H29ClFN5O3/c1-3-4-11-30-22(33)20-13-19(21(32)28-18-10-9-15(26)12-17(18)25)29-31(20)14-24(30,2)23(34)27-16-7-5-6-8-16/h9-10,12-13,16H,3-8,11,14H2,1-2H3,(H,27,34)(H,28,32). The molecule has 0 saturated heterocycles. The summed E-state index contributed by atoms with van der Waals surface area (Å²) in [6.45, 7) is 4.36. The highest BCUT2D eigenvalue weighted by molar-refractivity contribution is 6.33. The van der Waals surface area contributed by atoms with E-state index < -0.39 is 17.3 Å². The highest BCUT2D eigenvalue weighted by atomic mass is 35.5. The first kappa shape index (κ1) is 24.2. The first-order valence-corrected chi connectivity index (χ1v) is 12.1. The zero-order valence-electron chi connectivity index (χ0n) is 19.4. The third kappa shape index (κ3) is 4.66. The lowest BCUT2D eigenvalue weighted by molar-refractivity contribution is -0.133. The first-order valence-electron chi connectivity index (χ1n) is 11.7. The summed E-state index contributed by atoms with van der Waals surface area (Å²) in [5.74, 6) is -1.64. The van der Waals surface area contributed by atoms with Crippen LogP contribution in [0.2, 0.25) is 5.02 Å². The molecule has 1 fully saturated rings. The van der Waals surface area contributed by atoms with E-state index in [1.807, 2.05) is 6.92 Å². The van der Waals surface area contributed by atoms with Crippen LogP contribution >= 0.6 is 11.6 Å². The van der Waals surface area contributed by atoms with Crippen molar-refractivity contribution in [3.63, 3.8) is 0 Å². The van der Waals surface area contributed by atoms with Gasteiger partial charge in [-0.1, -0.05) is 37.8 Å². The van der Waals surface area contributed by atoms with Crippen molar-refractivity contribution >= 4 is 35.0 Å². The Balaban J connectivity index is 1.60. The van der Waals surface area contributed by atoms with Gasteiger partial charge >= 0.3 is 0 Å². The smallest absolute Gasteiger partial charge is 0.276 e. The second-order valence-electron chi connectivity index (χ2n) is 9.19. The monoisotopic (exact) mass is 489 g/mol. The van der Waals surface area contributed by atoms with Crippen molar-refractivity contribution in [1.29, 1.82) is 0 Å². The number of nitrogens with one attached hydrogen (secondary N) is 2. The van der Waals surface area contributed by atoms with Gasteiger partial charge in [0.15, 0.2) is 5.69 Å². The number of carbonyl (C=O) groups is 3. The molecule has 2 N–H and O–H groups in total. The van der Waals surface area contributed by atoms with Gasteiger partial charge in [-0.25, -0.2) is 4.39 Å². The predicted octanol–water partition coefficient (Wildman–Crippen LogP) is 4.00. The summed E-state index contributed by atoms with van der Waals surface area (Å²) in [5, 5.41) is 10.1. The van der Waals surface area contributed by atoms with Crippen molar-refractivity contribution in [2.24, 2.45) is 0 Å². The summed E-state index contributed by atoms with van der Waals surface area (Å²) in [5.41, 5.74) is -0.630. The second-order valence-corrected chi connectivity index (χ2v) is 9.60. The van der Waals surface area contributed by atoms with E-state index in [2.05, 4.69) is 15.7 Å². The van der Waals surface area contributed by atoms with Crippen molar-refractivity contribution in [2.45, 2.75) is 70.5 Å². The Kier molecular flexibility index (Phi) is 6.93. The number of nitrogens with zero attached hydrogens (tertiary/aromatic N) is 3. The third-order valence-electron chi connectivity index (χ3n) is 6.62. The van der Waals surface area contributed by atoms with Gasteiger partial charge in [0.2, 0.25) is 5.91 Å². The molecule has 0 bridgehead atoms. The zero-order valence-corrected chi connectivity index (χ0v) is 20.1. The van der Waals surface area contributed by atoms with Crippen LogP contribution in [0.1, 0.15) is 73.3 Å². The first-order chi connectivity index (χ1) is 16.2. The van der Waals surface area contributed by atoms with Crippen molar-refractivity contribution in [3.8, 4) is 0 Å². The lowest BCUT2D eigenvalue weighted by Gasteiger charge is -2.43. The van der Waals surface area contributed by atoms with Crippen LogP contribution in [0.15, 0.2) is 24.3 Å². The number of aromatic nitrogens is 2. The van der Waals surface area contributed by atoms with Crippen LogP contribution in [0.25, 0.3) is 0 Å². The molecule has 0 radical (unpaired) electrons. The average molecular weight is 490 g/mol. The predicted molar refractivity (Wildman–Crippen MR) is 126 cm³/mol. The van der Waals surface area contributed by atoms with E-state index in [1.165, 1.54) is 22.9 Å². The van der Waals surface area contributed by atoms with E-state index in [0.29, 0.717) is 6.54 Å². The Morgan fingerprint density at radius 1 is 1.26 bits per heavy atom. The van der Waals surface area contributed by atoms with Gasteiger partial charge in [-0.3, -0.25) is 19.1 Å². The van der Waals surface area contributed by atoms with Gasteiger partial charge in [-0.15, -0.1) is 0 Å². The minimum absolute atomic E-state index is 0.0136. The maximum absolute atomic E-state index is 13.5. The van der Waals surface area contributed by atoms with Crippen LogP contribution in [0.5, 0.6) is 0 Å². The lowest BCUT2D eigenvalue weighted by atomic mass is 9.94. The number of unbranched alkanes of at least 4 members (excludes halogenated alkanes) is 1. The molecule has 2 aliphatic rings. The van der Waals surface area contributed by atoms with Gasteiger partial charge in [-0.2, -0.15) is 5.10 Å². The number of fused-ring (bicyclic) bond motifs is 1. The molecule has 1 aliphatic heterocycles. The minimum atomic E-state index is -1.12. The van der Waals surface area contributed by atoms with E-state index >= 15 is 0 Å². The Labute approximate surface area is 202 Å². The Bertz CT molecular complexity index is 1110. The minimum Gasteiger partial charge on any atom is -0.351 e. The molecular formula is C24H29ClFN5O3. The summed E-state index contributed by atoms with van der Waals surface area (Å²) in [7, 11) is 0. The molecule has 10 heteroatoms. The fraction of sp³-hybridized carbons (Fsp3) is 0.500. The van der Waals surface area contributed by atoms with Crippen LogP contribution in [0, 0.1) is 5.82 Å². The van der Waals surface area contributed by atoms with Gasteiger partial charge < -0.3 is 15.5 Å². The number of hydrogen-bond acceptors (Lipinski definition) is 4. The quantitative estimate of drug-likeness (QED) is 0.614. The van der Waals surface area contributed by atoms with Gasteiger partial charge in [-0.05, 0) is 44.4 Å². The molecule has 4 rings (SSSR count). The van der Waals surface area contributed by atoms with E-state index in [1.54, 1.807) is 11.8 Å². The second kappa shape index (κ2) is 9.74. The Hall–Kier alpha value is -2.94. The molecule has 1 saturated carbocycles. The number of halogens is 2. The van der Waals surface area contributed by atoms with Gasteiger partial charge in [0.05, 0.1) is 17.3 Å². The van der Waals surface area contributed by atoms with Gasteiger partial charge in [0.25, 0.3) is 11.8 Å². The van der Waals surface area contributed by atoms with Crippen LogP contribution in [-0.4, -0.2) is 50.5 Å². The number of benzene rings is 1. The molecule has 2 aromatic rings. The van der Waals surface area contributed by atoms with Crippen molar-refractivity contribution in [2.75, 3.05) is 11.9 Å². The van der Waals surface area contributed by atoms with E-state index in [9.17, 15) is 18.8 Å². The highest BCUT2D eigenvalue weighted by Gasteiger charge is 2.48. The normalized spacial score (nSPS) is 20.4. The van der Waals surface area contributed by atoms with Crippen LogP contribution < -0.4 is 10.6 Å². The molecule has 1 aromatic carbocycles. The van der Waals surface area contributed by atoms with Crippen LogP contribution in [0.4, 0.5) is 10.1 Å². The summed E-state index contributed by atoms with van der Waals surface area (Å²) in [6, 6.07) is 5.17. The van der Waals surface area contributed by atoms with E-state index in [0.717, 1.165) is 44.6 Å². The molecule has 8 nitrogen and oxygen atoms in total. The molecule has 34 heavy (non-hydrogen) atoms.